The van der Waals surface area contributed by atoms with E-state index in [1.807, 2.05) is 11.8 Å². The third-order valence-electron chi connectivity index (χ3n) is 3.30. The van der Waals surface area contributed by atoms with Crippen molar-refractivity contribution in [3.63, 3.8) is 0 Å². The second kappa shape index (κ2) is 8.12. The van der Waals surface area contributed by atoms with Crippen LogP contribution in [0.2, 0.25) is 0 Å². The van der Waals surface area contributed by atoms with Crippen molar-refractivity contribution in [3.8, 4) is 0 Å². The molecule has 0 saturated carbocycles. The first-order valence-corrected chi connectivity index (χ1v) is 6.84. The SMILES string of the molecule is COCC(=O)NC1CCN(C(=O)CCC(C)N)CC1. The number of carbonyl (C=O) groups excluding carboxylic acids is 2. The van der Waals surface area contributed by atoms with Gasteiger partial charge in [-0.1, -0.05) is 0 Å². The number of piperidine rings is 1. The van der Waals surface area contributed by atoms with Crippen LogP contribution in [0.5, 0.6) is 0 Å². The van der Waals surface area contributed by atoms with Crippen LogP contribution in [0.4, 0.5) is 0 Å². The summed E-state index contributed by atoms with van der Waals surface area (Å²) in [6, 6.07) is 0.218. The van der Waals surface area contributed by atoms with Gasteiger partial charge in [0, 0.05) is 38.7 Å². The summed E-state index contributed by atoms with van der Waals surface area (Å²) in [4.78, 5) is 25.1. The molecule has 1 rings (SSSR count). The minimum Gasteiger partial charge on any atom is -0.375 e. The van der Waals surface area contributed by atoms with Gasteiger partial charge in [0.1, 0.15) is 6.61 Å². The third kappa shape index (κ3) is 6.02. The van der Waals surface area contributed by atoms with Crippen LogP contribution < -0.4 is 11.1 Å². The van der Waals surface area contributed by atoms with E-state index in [2.05, 4.69) is 5.32 Å². The second-order valence-corrected chi connectivity index (χ2v) is 5.17. The molecule has 0 spiro atoms. The summed E-state index contributed by atoms with van der Waals surface area (Å²) >= 11 is 0. The van der Waals surface area contributed by atoms with Crippen molar-refractivity contribution in [1.29, 1.82) is 0 Å². The quantitative estimate of drug-likeness (QED) is 0.704. The molecule has 0 aromatic carbocycles. The number of hydrogen-bond acceptors (Lipinski definition) is 4. The van der Waals surface area contributed by atoms with E-state index in [0.29, 0.717) is 19.5 Å². The van der Waals surface area contributed by atoms with Gasteiger partial charge in [0.05, 0.1) is 0 Å². The molecule has 0 aromatic rings. The Kier molecular flexibility index (Phi) is 6.80. The summed E-state index contributed by atoms with van der Waals surface area (Å²) < 4.78 is 4.77. The molecule has 0 bridgehead atoms. The number of amides is 2. The number of ether oxygens (including phenoxy) is 1. The number of carbonyl (C=O) groups is 2. The molecule has 1 aliphatic heterocycles. The standard InChI is InChI=1S/C13H25N3O3/c1-10(14)3-4-13(18)16-7-5-11(6-8-16)15-12(17)9-19-2/h10-11H,3-9,14H2,1-2H3,(H,15,17). The summed E-state index contributed by atoms with van der Waals surface area (Å²) in [5.41, 5.74) is 5.65. The molecule has 2 amide bonds. The monoisotopic (exact) mass is 271 g/mol. The van der Waals surface area contributed by atoms with E-state index in [4.69, 9.17) is 10.5 Å². The van der Waals surface area contributed by atoms with Gasteiger partial charge >= 0.3 is 0 Å². The van der Waals surface area contributed by atoms with Crippen molar-refractivity contribution >= 4 is 11.8 Å². The van der Waals surface area contributed by atoms with Crippen LogP contribution in [0.15, 0.2) is 0 Å². The first-order valence-electron chi connectivity index (χ1n) is 6.84. The maximum atomic E-state index is 11.9. The van der Waals surface area contributed by atoms with E-state index in [1.165, 1.54) is 7.11 Å². The van der Waals surface area contributed by atoms with E-state index in [9.17, 15) is 9.59 Å². The van der Waals surface area contributed by atoms with E-state index >= 15 is 0 Å². The van der Waals surface area contributed by atoms with Gasteiger partial charge in [-0.25, -0.2) is 0 Å². The number of likely N-dealkylation sites (tertiary alicyclic amines) is 1. The van der Waals surface area contributed by atoms with Crippen molar-refractivity contribution < 1.29 is 14.3 Å². The fourth-order valence-electron chi connectivity index (χ4n) is 2.18. The molecule has 1 fully saturated rings. The van der Waals surface area contributed by atoms with Crippen molar-refractivity contribution in [2.24, 2.45) is 5.73 Å². The summed E-state index contributed by atoms with van der Waals surface area (Å²) in [6.45, 7) is 3.41. The molecular weight excluding hydrogens is 246 g/mol. The first kappa shape index (κ1) is 15.9. The highest BCUT2D eigenvalue weighted by Gasteiger charge is 2.23. The van der Waals surface area contributed by atoms with E-state index in [-0.39, 0.29) is 30.5 Å². The normalized spacial score (nSPS) is 18.2. The van der Waals surface area contributed by atoms with Crippen LogP contribution in [-0.4, -0.2) is 55.6 Å². The molecule has 6 nitrogen and oxygen atoms in total. The molecule has 3 N–H and O–H groups in total. The molecule has 0 aliphatic carbocycles. The topological polar surface area (TPSA) is 84.7 Å². The van der Waals surface area contributed by atoms with Gasteiger partial charge in [-0.05, 0) is 26.2 Å². The minimum atomic E-state index is -0.0933. The molecular formula is C13H25N3O3. The Morgan fingerprint density at radius 2 is 2.05 bits per heavy atom. The highest BCUT2D eigenvalue weighted by Crippen LogP contribution is 2.12. The molecule has 1 saturated heterocycles. The zero-order valence-electron chi connectivity index (χ0n) is 11.9. The van der Waals surface area contributed by atoms with Crippen molar-refractivity contribution in [1.82, 2.24) is 10.2 Å². The molecule has 1 unspecified atom stereocenters. The fraction of sp³-hybridized carbons (Fsp3) is 0.846. The number of rotatable bonds is 6. The molecule has 19 heavy (non-hydrogen) atoms. The first-order chi connectivity index (χ1) is 9.02. The Morgan fingerprint density at radius 3 is 2.58 bits per heavy atom. The van der Waals surface area contributed by atoms with E-state index in [0.717, 1.165) is 19.3 Å². The van der Waals surface area contributed by atoms with Crippen LogP contribution >= 0.6 is 0 Å². The van der Waals surface area contributed by atoms with Gasteiger partial charge in [0.2, 0.25) is 11.8 Å². The predicted molar refractivity (Wildman–Crippen MR) is 72.5 cm³/mol. The molecule has 1 aliphatic rings. The van der Waals surface area contributed by atoms with E-state index in [1.54, 1.807) is 0 Å². The number of hydrogen-bond donors (Lipinski definition) is 2. The minimum absolute atomic E-state index is 0.0646. The van der Waals surface area contributed by atoms with Crippen molar-refractivity contribution in [2.75, 3.05) is 26.8 Å². The molecule has 6 heteroatoms. The average Bonchev–Trinajstić information content (AvgIpc) is 2.37. The Hall–Kier alpha value is -1.14. The maximum absolute atomic E-state index is 11.9. The fourth-order valence-corrected chi connectivity index (χ4v) is 2.18. The average molecular weight is 271 g/mol. The van der Waals surface area contributed by atoms with Gasteiger partial charge in [-0.2, -0.15) is 0 Å². The summed E-state index contributed by atoms with van der Waals surface area (Å²) in [5, 5.41) is 2.91. The Bertz CT molecular complexity index is 300. The molecule has 1 heterocycles. The van der Waals surface area contributed by atoms with E-state index < -0.39 is 0 Å². The lowest BCUT2D eigenvalue weighted by Gasteiger charge is -2.32. The molecule has 110 valence electrons. The lowest BCUT2D eigenvalue weighted by atomic mass is 10.0. The largest absolute Gasteiger partial charge is 0.375 e. The van der Waals surface area contributed by atoms with Crippen LogP contribution in [0.3, 0.4) is 0 Å². The van der Waals surface area contributed by atoms with Gasteiger partial charge in [0.25, 0.3) is 0 Å². The Morgan fingerprint density at radius 1 is 1.42 bits per heavy atom. The predicted octanol–water partition coefficient (Wildman–Crippen LogP) is -0.133. The summed E-state index contributed by atoms with van der Waals surface area (Å²) in [7, 11) is 1.50. The molecule has 1 atom stereocenters. The maximum Gasteiger partial charge on any atom is 0.246 e. The van der Waals surface area contributed by atoms with Crippen LogP contribution in [0, 0.1) is 0 Å². The van der Waals surface area contributed by atoms with Crippen LogP contribution in [0.25, 0.3) is 0 Å². The lowest BCUT2D eigenvalue weighted by molar-refractivity contribution is -0.132. The Balaban J connectivity index is 2.24. The number of nitrogens with two attached hydrogens (primary N) is 1. The van der Waals surface area contributed by atoms with Crippen LogP contribution in [-0.2, 0) is 14.3 Å². The molecule has 0 radical (unpaired) electrons. The summed E-state index contributed by atoms with van der Waals surface area (Å²) in [5.74, 6) is 0.0724. The second-order valence-electron chi connectivity index (χ2n) is 5.17. The third-order valence-corrected chi connectivity index (χ3v) is 3.30. The van der Waals surface area contributed by atoms with Gasteiger partial charge in [-0.15, -0.1) is 0 Å². The van der Waals surface area contributed by atoms with Crippen LogP contribution in [0.1, 0.15) is 32.6 Å². The zero-order valence-corrected chi connectivity index (χ0v) is 11.9. The lowest BCUT2D eigenvalue weighted by Crippen LogP contribution is -2.47. The highest BCUT2D eigenvalue weighted by molar-refractivity contribution is 5.78. The van der Waals surface area contributed by atoms with Crippen molar-refractivity contribution in [2.45, 2.75) is 44.7 Å². The number of nitrogens with zero attached hydrogens (tertiary/aromatic N) is 1. The number of nitrogens with one attached hydrogen (secondary N) is 1. The smallest absolute Gasteiger partial charge is 0.246 e. The summed E-state index contributed by atoms with van der Waals surface area (Å²) in [6.07, 6.45) is 2.85. The van der Waals surface area contributed by atoms with Gasteiger partial charge in [-0.3, -0.25) is 9.59 Å². The van der Waals surface area contributed by atoms with Crippen molar-refractivity contribution in [3.05, 3.63) is 0 Å². The van der Waals surface area contributed by atoms with Gasteiger partial charge < -0.3 is 20.7 Å². The van der Waals surface area contributed by atoms with Gasteiger partial charge in [0.15, 0.2) is 0 Å². The number of methoxy groups -OCH3 is 1. The highest BCUT2D eigenvalue weighted by atomic mass is 16.5. The molecule has 0 aromatic heterocycles. The zero-order chi connectivity index (χ0) is 14.3. The Labute approximate surface area is 114 Å².